The van der Waals surface area contributed by atoms with Crippen LogP contribution in [0.4, 0.5) is 0 Å². The van der Waals surface area contributed by atoms with Gasteiger partial charge in [0, 0.05) is 43.9 Å². The third-order valence-electron chi connectivity index (χ3n) is 10.3. The zero-order valence-corrected chi connectivity index (χ0v) is 25.3. The fraction of sp³-hybridized carbons (Fsp3) is 0.0698. The molecule has 7 aromatic carbocycles. The predicted molar refractivity (Wildman–Crippen MR) is 190 cm³/mol. The Morgan fingerprint density at radius 1 is 0.444 bits per heavy atom. The summed E-state index contributed by atoms with van der Waals surface area (Å²) in [4.78, 5) is 0. The minimum absolute atomic E-state index is 0.0857. The average molecular weight is 575 g/mol. The van der Waals surface area contributed by atoms with E-state index in [0.29, 0.717) is 0 Å². The second-order valence-corrected chi connectivity index (χ2v) is 13.0. The zero-order chi connectivity index (χ0) is 29.9. The van der Waals surface area contributed by atoms with Gasteiger partial charge in [0.05, 0.1) is 22.1 Å². The number of aromatic nitrogens is 2. The van der Waals surface area contributed by atoms with Crippen molar-refractivity contribution in [2.45, 2.75) is 19.3 Å². The topological polar surface area (TPSA) is 9.86 Å². The van der Waals surface area contributed by atoms with Crippen molar-refractivity contribution in [1.82, 2.24) is 9.13 Å². The third-order valence-corrected chi connectivity index (χ3v) is 10.3. The van der Waals surface area contributed by atoms with Crippen LogP contribution in [0.2, 0.25) is 0 Å². The van der Waals surface area contributed by atoms with Crippen molar-refractivity contribution < 1.29 is 0 Å². The van der Waals surface area contributed by atoms with Crippen molar-refractivity contribution >= 4 is 54.4 Å². The first-order valence-corrected chi connectivity index (χ1v) is 15.8. The predicted octanol–water partition coefficient (Wildman–Crippen LogP) is 11.3. The van der Waals surface area contributed by atoms with Gasteiger partial charge < -0.3 is 9.13 Å². The number of hydrogen-bond donors (Lipinski definition) is 0. The molecule has 2 heteroatoms. The quantitative estimate of drug-likeness (QED) is 0.194. The maximum Gasteiger partial charge on any atom is 0.0626 e. The lowest BCUT2D eigenvalue weighted by Crippen LogP contribution is -2.23. The molecule has 1 aliphatic carbocycles. The maximum atomic E-state index is 2.50. The van der Waals surface area contributed by atoms with E-state index in [1.165, 1.54) is 82.3 Å². The lowest BCUT2D eigenvalue weighted by atomic mass is 9.68. The monoisotopic (exact) mass is 574 g/mol. The van der Waals surface area contributed by atoms with Gasteiger partial charge in [-0.25, -0.2) is 0 Å². The molecular weight excluding hydrogens is 544 g/mol. The molecule has 0 spiro atoms. The molecule has 45 heavy (non-hydrogen) atoms. The summed E-state index contributed by atoms with van der Waals surface area (Å²) in [5.74, 6) is 0. The number of hydrogen-bond acceptors (Lipinski definition) is 0. The highest BCUT2D eigenvalue weighted by atomic mass is 15.0. The Balaban J connectivity index is 1.30. The minimum atomic E-state index is -0.0857. The van der Waals surface area contributed by atoms with Crippen LogP contribution in [-0.4, -0.2) is 9.13 Å². The molecule has 0 aliphatic heterocycles. The Bertz CT molecular complexity index is 2610. The highest BCUT2D eigenvalue weighted by Crippen LogP contribution is 2.52. The molecule has 9 aromatic rings. The SMILES string of the molecule is CC1(C)c2ccccc2-c2c3c1cccc3cc1c3ccccc3n(-c3ccc(-n4c5ccccc5c5ccccc54)cc3)c21. The highest BCUT2D eigenvalue weighted by molar-refractivity contribution is 6.23. The van der Waals surface area contributed by atoms with Crippen LogP contribution in [-0.2, 0) is 5.41 Å². The molecule has 1 aliphatic rings. The summed E-state index contributed by atoms with van der Waals surface area (Å²) in [5, 5.41) is 7.82. The van der Waals surface area contributed by atoms with Gasteiger partial charge in [0.25, 0.3) is 0 Å². The molecule has 0 radical (unpaired) electrons. The normalized spacial score (nSPS) is 13.7. The third kappa shape index (κ3) is 3.18. The van der Waals surface area contributed by atoms with E-state index >= 15 is 0 Å². The number of para-hydroxylation sites is 3. The Hall–Kier alpha value is -5.60. The lowest BCUT2D eigenvalue weighted by molar-refractivity contribution is 0.645. The van der Waals surface area contributed by atoms with Crippen molar-refractivity contribution in [3.8, 4) is 22.5 Å². The molecule has 2 aromatic heterocycles. The van der Waals surface area contributed by atoms with Gasteiger partial charge in [0.15, 0.2) is 0 Å². The second-order valence-electron chi connectivity index (χ2n) is 13.0. The maximum absolute atomic E-state index is 2.50. The fourth-order valence-corrected chi connectivity index (χ4v) is 8.29. The molecule has 2 nitrogen and oxygen atoms in total. The van der Waals surface area contributed by atoms with Gasteiger partial charge in [-0.2, -0.15) is 0 Å². The van der Waals surface area contributed by atoms with Crippen molar-refractivity contribution in [3.63, 3.8) is 0 Å². The molecule has 0 N–H and O–H groups in total. The smallest absolute Gasteiger partial charge is 0.0626 e. The molecule has 10 rings (SSSR count). The van der Waals surface area contributed by atoms with E-state index in [4.69, 9.17) is 0 Å². The summed E-state index contributed by atoms with van der Waals surface area (Å²) in [6.45, 7) is 4.74. The molecule has 0 unspecified atom stereocenters. The van der Waals surface area contributed by atoms with E-state index in [0.717, 1.165) is 5.69 Å². The van der Waals surface area contributed by atoms with Crippen LogP contribution in [0.1, 0.15) is 25.0 Å². The lowest BCUT2D eigenvalue weighted by Gasteiger charge is -2.35. The van der Waals surface area contributed by atoms with E-state index in [-0.39, 0.29) is 5.41 Å². The van der Waals surface area contributed by atoms with Crippen molar-refractivity contribution in [2.24, 2.45) is 0 Å². The number of nitrogens with zero attached hydrogens (tertiary/aromatic N) is 2. The van der Waals surface area contributed by atoms with Gasteiger partial charge in [-0.15, -0.1) is 0 Å². The highest BCUT2D eigenvalue weighted by Gasteiger charge is 2.35. The van der Waals surface area contributed by atoms with Gasteiger partial charge in [0.1, 0.15) is 0 Å². The van der Waals surface area contributed by atoms with Crippen LogP contribution in [0.25, 0.3) is 76.9 Å². The minimum Gasteiger partial charge on any atom is -0.309 e. The summed E-state index contributed by atoms with van der Waals surface area (Å²) < 4.78 is 4.89. The molecule has 212 valence electrons. The molecule has 0 bridgehead atoms. The summed E-state index contributed by atoms with van der Waals surface area (Å²) in [6.07, 6.45) is 0. The Labute approximate surface area is 261 Å². The van der Waals surface area contributed by atoms with Crippen LogP contribution in [0.3, 0.4) is 0 Å². The first-order valence-electron chi connectivity index (χ1n) is 15.8. The molecular formula is C43H30N2. The first kappa shape index (κ1) is 24.8. The Morgan fingerprint density at radius 2 is 0.956 bits per heavy atom. The van der Waals surface area contributed by atoms with Crippen LogP contribution in [0.15, 0.2) is 146 Å². The van der Waals surface area contributed by atoms with Gasteiger partial charge in [-0.05, 0) is 76.0 Å². The summed E-state index contributed by atoms with van der Waals surface area (Å²) in [5.41, 5.74) is 12.7. The van der Waals surface area contributed by atoms with Gasteiger partial charge in [0.2, 0.25) is 0 Å². The Kier molecular flexibility index (Phi) is 4.82. The van der Waals surface area contributed by atoms with Crippen molar-refractivity contribution in [3.05, 3.63) is 157 Å². The molecule has 0 amide bonds. The molecule has 0 saturated carbocycles. The standard InChI is InChI=1S/C43H30N2/c1-43(2)35-17-7-3-16-33(35)41-40-27(12-11-18-36(40)43)26-34-32-15-6-10-21-39(32)45(42(34)41)29-24-22-28(23-25-29)44-37-19-8-4-13-30(37)31-14-5-9-20-38(31)44/h3-26H,1-2H3. The van der Waals surface area contributed by atoms with Crippen LogP contribution < -0.4 is 0 Å². The Morgan fingerprint density at radius 3 is 1.62 bits per heavy atom. The van der Waals surface area contributed by atoms with E-state index in [1.54, 1.807) is 0 Å². The average Bonchev–Trinajstić information content (AvgIpc) is 3.60. The van der Waals surface area contributed by atoms with E-state index in [9.17, 15) is 0 Å². The van der Waals surface area contributed by atoms with E-state index in [1.807, 2.05) is 0 Å². The molecule has 2 heterocycles. The summed E-state index contributed by atoms with van der Waals surface area (Å²) in [7, 11) is 0. The number of rotatable bonds is 2. The number of fused-ring (bicyclic) bond motifs is 9. The van der Waals surface area contributed by atoms with Gasteiger partial charge in [-0.1, -0.05) is 111 Å². The summed E-state index contributed by atoms with van der Waals surface area (Å²) in [6, 6.07) is 53.8. The van der Waals surface area contributed by atoms with Gasteiger partial charge in [-0.3, -0.25) is 0 Å². The summed E-state index contributed by atoms with van der Waals surface area (Å²) >= 11 is 0. The second kappa shape index (κ2) is 8.74. The molecule has 0 saturated heterocycles. The van der Waals surface area contributed by atoms with Crippen LogP contribution in [0.5, 0.6) is 0 Å². The van der Waals surface area contributed by atoms with Gasteiger partial charge >= 0.3 is 0 Å². The molecule has 0 fully saturated rings. The van der Waals surface area contributed by atoms with E-state index in [2.05, 4.69) is 169 Å². The fourth-order valence-electron chi connectivity index (χ4n) is 8.29. The number of benzene rings is 7. The van der Waals surface area contributed by atoms with Crippen molar-refractivity contribution in [1.29, 1.82) is 0 Å². The van der Waals surface area contributed by atoms with E-state index < -0.39 is 0 Å². The first-order chi connectivity index (χ1) is 22.1. The molecule has 0 atom stereocenters. The van der Waals surface area contributed by atoms with Crippen molar-refractivity contribution in [2.75, 3.05) is 0 Å². The largest absolute Gasteiger partial charge is 0.309 e. The van der Waals surface area contributed by atoms with Crippen LogP contribution >= 0.6 is 0 Å². The zero-order valence-electron chi connectivity index (χ0n) is 25.3. The van der Waals surface area contributed by atoms with Crippen LogP contribution in [0, 0.1) is 0 Å².